The highest BCUT2D eigenvalue weighted by Crippen LogP contribution is 2.18. The van der Waals surface area contributed by atoms with Gasteiger partial charge in [0.25, 0.3) is 0 Å². The predicted octanol–water partition coefficient (Wildman–Crippen LogP) is 3.09. The quantitative estimate of drug-likeness (QED) is 0.751. The number of hydrogen-bond donors (Lipinski definition) is 0. The fourth-order valence-electron chi connectivity index (χ4n) is 1.96. The lowest BCUT2D eigenvalue weighted by atomic mass is 10.1. The van der Waals surface area contributed by atoms with E-state index >= 15 is 0 Å². The predicted molar refractivity (Wildman–Crippen MR) is 71.8 cm³/mol. The van der Waals surface area contributed by atoms with E-state index in [0.717, 1.165) is 36.3 Å². The Labute approximate surface area is 107 Å². The van der Waals surface area contributed by atoms with E-state index < -0.39 is 0 Å². The van der Waals surface area contributed by atoms with Crippen LogP contribution in [0.1, 0.15) is 28.8 Å². The molecule has 0 aromatic heterocycles. The molecule has 1 atom stereocenters. The standard InChI is InChI=1S/C14H18O2S/c1-11-4-2-5-12(8-11)14(15)10-17-9-13-6-3-7-16-13/h2,4-5,8,13H,3,6-7,9-10H2,1H3. The van der Waals surface area contributed by atoms with Crippen molar-refractivity contribution in [2.45, 2.75) is 25.9 Å². The van der Waals surface area contributed by atoms with Crippen molar-refractivity contribution < 1.29 is 9.53 Å². The second kappa shape index (κ2) is 6.22. The lowest BCUT2D eigenvalue weighted by Gasteiger charge is -2.08. The van der Waals surface area contributed by atoms with Crippen LogP contribution in [0, 0.1) is 6.92 Å². The van der Waals surface area contributed by atoms with Crippen LogP contribution in [0.25, 0.3) is 0 Å². The molecule has 1 aliphatic rings. The lowest BCUT2D eigenvalue weighted by Crippen LogP contribution is -2.11. The van der Waals surface area contributed by atoms with Crippen molar-refractivity contribution in [3.05, 3.63) is 35.4 Å². The first-order valence-electron chi connectivity index (χ1n) is 6.05. The van der Waals surface area contributed by atoms with E-state index in [2.05, 4.69) is 0 Å². The van der Waals surface area contributed by atoms with E-state index in [1.54, 1.807) is 11.8 Å². The van der Waals surface area contributed by atoms with Gasteiger partial charge in [0.1, 0.15) is 0 Å². The minimum atomic E-state index is 0.219. The molecule has 1 aromatic carbocycles. The number of rotatable bonds is 5. The Kier molecular flexibility index (Phi) is 4.63. The molecule has 3 heteroatoms. The van der Waals surface area contributed by atoms with Gasteiger partial charge < -0.3 is 4.74 Å². The molecule has 17 heavy (non-hydrogen) atoms. The van der Waals surface area contributed by atoms with E-state index in [-0.39, 0.29) is 5.78 Å². The fraction of sp³-hybridized carbons (Fsp3) is 0.500. The minimum Gasteiger partial charge on any atom is -0.377 e. The van der Waals surface area contributed by atoms with Gasteiger partial charge in [0.2, 0.25) is 0 Å². The van der Waals surface area contributed by atoms with Gasteiger partial charge in [-0.2, -0.15) is 11.8 Å². The molecule has 2 rings (SSSR count). The van der Waals surface area contributed by atoms with Crippen LogP contribution >= 0.6 is 11.8 Å². The molecular formula is C14H18O2S. The molecule has 1 unspecified atom stereocenters. The van der Waals surface area contributed by atoms with Crippen LogP contribution in [0.5, 0.6) is 0 Å². The highest BCUT2D eigenvalue weighted by Gasteiger charge is 2.16. The molecule has 92 valence electrons. The number of carbonyl (C=O) groups is 1. The highest BCUT2D eigenvalue weighted by molar-refractivity contribution is 8.00. The number of hydrogen-bond acceptors (Lipinski definition) is 3. The zero-order chi connectivity index (χ0) is 12.1. The van der Waals surface area contributed by atoms with E-state index in [1.165, 1.54) is 0 Å². The van der Waals surface area contributed by atoms with Crippen molar-refractivity contribution in [1.82, 2.24) is 0 Å². The van der Waals surface area contributed by atoms with Gasteiger partial charge in [0.05, 0.1) is 11.9 Å². The maximum absolute atomic E-state index is 11.9. The monoisotopic (exact) mass is 250 g/mol. The molecule has 0 amide bonds. The number of aryl methyl sites for hydroxylation is 1. The average Bonchev–Trinajstić information content (AvgIpc) is 2.82. The first-order chi connectivity index (χ1) is 8.25. The van der Waals surface area contributed by atoms with Gasteiger partial charge in [0, 0.05) is 17.9 Å². The number of carbonyl (C=O) groups excluding carboxylic acids is 1. The number of benzene rings is 1. The summed E-state index contributed by atoms with van der Waals surface area (Å²) < 4.78 is 5.53. The van der Waals surface area contributed by atoms with Crippen molar-refractivity contribution in [2.24, 2.45) is 0 Å². The fourth-order valence-corrected chi connectivity index (χ4v) is 2.96. The molecule has 0 spiro atoms. The first-order valence-corrected chi connectivity index (χ1v) is 7.20. The van der Waals surface area contributed by atoms with Gasteiger partial charge in [-0.15, -0.1) is 0 Å². The van der Waals surface area contributed by atoms with Crippen molar-refractivity contribution in [3.8, 4) is 0 Å². The largest absolute Gasteiger partial charge is 0.377 e. The van der Waals surface area contributed by atoms with E-state index in [4.69, 9.17) is 4.74 Å². The molecule has 0 saturated carbocycles. The number of ether oxygens (including phenoxy) is 1. The third-order valence-electron chi connectivity index (χ3n) is 2.90. The van der Waals surface area contributed by atoms with Crippen molar-refractivity contribution >= 4 is 17.5 Å². The molecular weight excluding hydrogens is 232 g/mol. The third kappa shape index (κ3) is 3.86. The Bertz CT molecular complexity index is 384. The second-order valence-electron chi connectivity index (χ2n) is 4.44. The minimum absolute atomic E-state index is 0.219. The molecule has 0 bridgehead atoms. The number of thioether (sulfide) groups is 1. The van der Waals surface area contributed by atoms with Gasteiger partial charge >= 0.3 is 0 Å². The summed E-state index contributed by atoms with van der Waals surface area (Å²) in [6.07, 6.45) is 2.67. The number of ketones is 1. The Morgan fingerprint density at radius 1 is 1.53 bits per heavy atom. The maximum Gasteiger partial charge on any atom is 0.172 e. The van der Waals surface area contributed by atoms with Crippen molar-refractivity contribution in [2.75, 3.05) is 18.1 Å². The summed E-state index contributed by atoms with van der Waals surface area (Å²) >= 11 is 1.68. The Hall–Kier alpha value is -0.800. The van der Waals surface area contributed by atoms with Gasteiger partial charge in [0.15, 0.2) is 5.78 Å². The van der Waals surface area contributed by atoms with Crippen LogP contribution in [-0.2, 0) is 4.74 Å². The zero-order valence-electron chi connectivity index (χ0n) is 10.1. The van der Waals surface area contributed by atoms with Gasteiger partial charge in [-0.05, 0) is 25.8 Å². The highest BCUT2D eigenvalue weighted by atomic mass is 32.2. The molecule has 1 saturated heterocycles. The summed E-state index contributed by atoms with van der Waals surface area (Å²) in [6, 6.07) is 7.79. The normalized spacial score (nSPS) is 19.5. The molecule has 0 N–H and O–H groups in total. The van der Waals surface area contributed by atoms with Crippen LogP contribution in [0.3, 0.4) is 0 Å². The Balaban J connectivity index is 1.77. The Morgan fingerprint density at radius 2 is 2.41 bits per heavy atom. The second-order valence-corrected chi connectivity index (χ2v) is 5.47. The smallest absolute Gasteiger partial charge is 0.172 e. The molecule has 1 fully saturated rings. The maximum atomic E-state index is 11.9. The number of Topliss-reactive ketones (excluding diaryl/α,β-unsaturated/α-hetero) is 1. The zero-order valence-corrected chi connectivity index (χ0v) is 11.0. The van der Waals surface area contributed by atoms with Crippen LogP contribution in [0.4, 0.5) is 0 Å². The summed E-state index contributed by atoms with van der Waals surface area (Å²) in [7, 11) is 0. The molecule has 0 aliphatic carbocycles. The van der Waals surface area contributed by atoms with Crippen LogP contribution < -0.4 is 0 Å². The lowest BCUT2D eigenvalue weighted by molar-refractivity contribution is 0.102. The summed E-state index contributed by atoms with van der Waals surface area (Å²) in [5, 5.41) is 0. The van der Waals surface area contributed by atoms with Gasteiger partial charge in [-0.1, -0.05) is 23.8 Å². The topological polar surface area (TPSA) is 26.3 Å². The van der Waals surface area contributed by atoms with E-state index in [9.17, 15) is 4.79 Å². The van der Waals surface area contributed by atoms with E-state index in [0.29, 0.717) is 11.9 Å². The summed E-state index contributed by atoms with van der Waals surface area (Å²) in [4.78, 5) is 11.9. The first kappa shape index (κ1) is 12.7. The van der Waals surface area contributed by atoms with Crippen LogP contribution in [0.15, 0.2) is 24.3 Å². The third-order valence-corrected chi connectivity index (χ3v) is 3.97. The van der Waals surface area contributed by atoms with Crippen LogP contribution in [0.2, 0.25) is 0 Å². The van der Waals surface area contributed by atoms with Gasteiger partial charge in [-0.3, -0.25) is 4.79 Å². The molecule has 1 aromatic rings. The summed E-state index contributed by atoms with van der Waals surface area (Å²) in [5.74, 6) is 1.72. The SMILES string of the molecule is Cc1cccc(C(=O)CSCC2CCCO2)c1. The van der Waals surface area contributed by atoms with Crippen LogP contribution in [-0.4, -0.2) is 30.0 Å². The molecule has 2 nitrogen and oxygen atoms in total. The summed E-state index contributed by atoms with van der Waals surface area (Å²) in [5.41, 5.74) is 1.96. The van der Waals surface area contributed by atoms with Crippen molar-refractivity contribution in [1.29, 1.82) is 0 Å². The average molecular weight is 250 g/mol. The molecule has 0 radical (unpaired) electrons. The Morgan fingerprint density at radius 3 is 3.12 bits per heavy atom. The van der Waals surface area contributed by atoms with Gasteiger partial charge in [-0.25, -0.2) is 0 Å². The summed E-state index contributed by atoms with van der Waals surface area (Å²) in [6.45, 7) is 2.90. The molecule has 1 heterocycles. The molecule has 1 aliphatic heterocycles. The van der Waals surface area contributed by atoms with Crippen molar-refractivity contribution in [3.63, 3.8) is 0 Å². The van der Waals surface area contributed by atoms with E-state index in [1.807, 2.05) is 31.2 Å².